The molecule has 4 aromatic rings. The number of benzene rings is 3. The molecule has 0 unspecified atom stereocenters. The van der Waals surface area contributed by atoms with Gasteiger partial charge in [0, 0.05) is 8.07 Å². The Bertz CT molecular complexity index is 1100. The third-order valence-electron chi connectivity index (χ3n) is 5.64. The number of hydrogen-bond donors (Lipinski definition) is 0. The molecule has 0 atom stereocenters. The average molecular weight is 583 g/mol. The van der Waals surface area contributed by atoms with Crippen LogP contribution in [0.5, 0.6) is 0 Å². The van der Waals surface area contributed by atoms with Gasteiger partial charge in [0.2, 0.25) is 0 Å². The van der Waals surface area contributed by atoms with Crippen molar-refractivity contribution in [2.24, 2.45) is 0 Å². The summed E-state index contributed by atoms with van der Waals surface area (Å²) in [5, 5.41) is 1.60. The van der Waals surface area contributed by atoms with Crippen LogP contribution in [0.1, 0.15) is 22.3 Å². The molecule has 0 aliphatic heterocycles. The first kappa shape index (κ1) is 30.6. The van der Waals surface area contributed by atoms with Crippen LogP contribution in [-0.4, -0.2) is 11.8 Å². The molecular formula is C30H32Cl2SiZr-2. The van der Waals surface area contributed by atoms with Crippen molar-refractivity contribution in [2.75, 3.05) is 0 Å². The summed E-state index contributed by atoms with van der Waals surface area (Å²) < 4.78 is 2.25. The van der Waals surface area contributed by atoms with Crippen LogP contribution in [0.3, 0.4) is 0 Å². The number of fused-ring (bicyclic) bond motifs is 3. The summed E-state index contributed by atoms with van der Waals surface area (Å²) in [4.78, 5) is 0. The smallest absolute Gasteiger partial charge is 0.0253 e. The van der Waals surface area contributed by atoms with Gasteiger partial charge in [0.25, 0.3) is 0 Å². The van der Waals surface area contributed by atoms with Crippen molar-refractivity contribution in [3.63, 3.8) is 0 Å². The quantitative estimate of drug-likeness (QED) is 0.219. The van der Waals surface area contributed by atoms with Crippen LogP contribution in [0.4, 0.5) is 0 Å². The third-order valence-corrected chi connectivity index (χ3v) is 8.32. The van der Waals surface area contributed by atoms with E-state index < -0.39 is 8.07 Å². The molecule has 34 heavy (non-hydrogen) atoms. The van der Waals surface area contributed by atoms with Crippen molar-refractivity contribution < 1.29 is 49.0 Å². The van der Waals surface area contributed by atoms with E-state index in [9.17, 15) is 0 Å². The molecule has 5 rings (SSSR count). The van der Waals surface area contributed by atoms with E-state index in [1.165, 1.54) is 57.6 Å². The van der Waals surface area contributed by atoms with E-state index in [-0.39, 0.29) is 24.8 Å². The van der Waals surface area contributed by atoms with Gasteiger partial charge in [-0.15, -0.1) is 5.56 Å². The second-order valence-corrected chi connectivity index (χ2v) is 15.2. The fraction of sp³-hybridized carbons (Fsp3) is 0.200. The van der Waals surface area contributed by atoms with Crippen molar-refractivity contribution in [2.45, 2.75) is 39.4 Å². The molecule has 0 N–H and O–H groups in total. The Labute approximate surface area is 234 Å². The van der Waals surface area contributed by atoms with Gasteiger partial charge in [-0.1, -0.05) is 62.0 Å². The first-order valence-corrected chi connectivity index (χ1v) is 16.2. The maximum absolute atomic E-state index is 3.30. The van der Waals surface area contributed by atoms with Gasteiger partial charge in [0.05, 0.1) is 0 Å². The summed E-state index contributed by atoms with van der Waals surface area (Å²) >= 11 is 1.51. The molecule has 0 radical (unpaired) electrons. The number of hydrogen-bond acceptors (Lipinski definition) is 0. The third kappa shape index (κ3) is 8.65. The molecule has 4 heteroatoms. The van der Waals surface area contributed by atoms with Gasteiger partial charge in [-0.3, -0.25) is 0 Å². The topological polar surface area (TPSA) is 0 Å². The second-order valence-electron chi connectivity index (χ2n) is 9.16. The Morgan fingerprint density at radius 2 is 1.50 bits per heavy atom. The average Bonchev–Trinajstić information content (AvgIpc) is 3.39. The molecule has 176 valence electrons. The van der Waals surface area contributed by atoms with Crippen LogP contribution >= 0.6 is 0 Å². The van der Waals surface area contributed by atoms with Crippen molar-refractivity contribution in [3.8, 4) is 11.1 Å². The van der Waals surface area contributed by atoms with Crippen molar-refractivity contribution in [1.29, 1.82) is 0 Å². The first-order chi connectivity index (χ1) is 15.4. The molecule has 1 aliphatic rings. The van der Waals surface area contributed by atoms with Gasteiger partial charge in [-0.25, -0.2) is 12.1 Å². The molecule has 0 saturated heterocycles. The minimum Gasteiger partial charge on any atom is -0.179 e. The molecular weight excluding hydrogens is 551 g/mol. The van der Waals surface area contributed by atoms with Gasteiger partial charge >= 0.3 is 70.3 Å². The molecule has 0 nitrogen and oxygen atoms in total. The summed E-state index contributed by atoms with van der Waals surface area (Å²) in [6.07, 6.45) is 2.17. The monoisotopic (exact) mass is 580 g/mol. The fourth-order valence-electron chi connectivity index (χ4n) is 4.08. The molecule has 0 amide bonds. The number of aryl methyl sites for hydroxylation is 1. The van der Waals surface area contributed by atoms with Crippen LogP contribution in [0.15, 0.2) is 91.0 Å². The maximum Gasteiger partial charge on any atom is -0.0253 e. The molecule has 4 aromatic carbocycles. The van der Waals surface area contributed by atoms with Crippen molar-refractivity contribution >= 4 is 17.0 Å². The van der Waals surface area contributed by atoms with E-state index in [2.05, 4.69) is 115 Å². The van der Waals surface area contributed by atoms with Gasteiger partial charge in [0.1, 0.15) is 0 Å². The minimum absolute atomic E-state index is 0. The first-order valence-electron chi connectivity index (χ1n) is 11.2. The Morgan fingerprint density at radius 1 is 0.853 bits per heavy atom. The molecule has 0 heterocycles. The van der Waals surface area contributed by atoms with E-state index in [0.717, 1.165) is 12.8 Å². The summed E-state index contributed by atoms with van der Waals surface area (Å²) in [6.45, 7) is 9.35. The van der Waals surface area contributed by atoms with Crippen LogP contribution in [-0.2, 0) is 37.1 Å². The van der Waals surface area contributed by atoms with Gasteiger partial charge in [-0.05, 0) is 6.42 Å². The standard InChI is InChI=1S/C13H9.C9H15Si.C8H8.2ClH.Zr/c1-3-7-12-10(5-1)9-11-6-2-4-8-13(11)12;1-8-6-5-7-9(8)10(2,3)4;1-2-8-6-4-3-5-7-8;;;/h1-5,7-8H,9H2;5-7H,1-4H3;1,3-7H,2H2;2*1H;/q2*-1;;;;+2/p-2. The SMILES string of the molecule is Cc1ccc[c-]1[Si](C)(C)C.[Cl-].[Cl-].[Zr+2]=[CH]Cc1ccccc1.[c-]1cccc2c1Cc1ccccc1-2. The van der Waals surface area contributed by atoms with E-state index in [1.54, 1.807) is 5.19 Å². The normalized spacial score (nSPS) is 10.6. The van der Waals surface area contributed by atoms with E-state index in [0.29, 0.717) is 0 Å². The van der Waals surface area contributed by atoms with Gasteiger partial charge in [0.15, 0.2) is 0 Å². The van der Waals surface area contributed by atoms with Crippen molar-refractivity contribution in [1.82, 2.24) is 0 Å². The van der Waals surface area contributed by atoms with Crippen LogP contribution in [0, 0.1) is 13.0 Å². The van der Waals surface area contributed by atoms with Gasteiger partial charge < -0.3 is 24.8 Å². The summed E-state index contributed by atoms with van der Waals surface area (Å²) in [5.41, 5.74) is 8.39. The second kappa shape index (κ2) is 14.8. The maximum atomic E-state index is 3.30. The largest absolute Gasteiger partial charge is 0.179 e. The predicted molar refractivity (Wildman–Crippen MR) is 139 cm³/mol. The molecule has 0 bridgehead atoms. The molecule has 0 saturated carbocycles. The zero-order chi connectivity index (χ0) is 23.0. The minimum atomic E-state index is -1.03. The zero-order valence-corrected chi connectivity index (χ0v) is 25.4. The number of rotatable bonds is 3. The fourth-order valence-corrected chi connectivity index (χ4v) is 6.52. The zero-order valence-electron chi connectivity index (χ0n) is 20.4. The number of halogens is 2. The summed E-state index contributed by atoms with van der Waals surface area (Å²) in [7, 11) is -1.03. The molecule has 1 aliphatic carbocycles. The molecule has 0 aromatic heterocycles. The van der Waals surface area contributed by atoms with E-state index >= 15 is 0 Å². The molecule has 0 spiro atoms. The van der Waals surface area contributed by atoms with Crippen LogP contribution in [0.25, 0.3) is 11.1 Å². The van der Waals surface area contributed by atoms with E-state index in [1.807, 2.05) is 12.1 Å². The summed E-state index contributed by atoms with van der Waals surface area (Å²) in [6, 6.07) is 35.2. The molecule has 0 fully saturated rings. The van der Waals surface area contributed by atoms with Crippen LogP contribution in [0.2, 0.25) is 19.6 Å². The Morgan fingerprint density at radius 3 is 2.09 bits per heavy atom. The van der Waals surface area contributed by atoms with Crippen molar-refractivity contribution in [3.05, 3.63) is 119 Å². The summed E-state index contributed by atoms with van der Waals surface area (Å²) in [5.74, 6) is 0. The van der Waals surface area contributed by atoms with Crippen LogP contribution < -0.4 is 30.0 Å². The Hall–Kier alpha value is -1.44. The Kier molecular flexibility index (Phi) is 13.4. The van der Waals surface area contributed by atoms with E-state index in [4.69, 9.17) is 0 Å². The Balaban J connectivity index is 0.000000253. The van der Waals surface area contributed by atoms with Gasteiger partial charge in [-0.2, -0.15) is 46.6 Å². The predicted octanol–water partition coefficient (Wildman–Crippen LogP) is 0.903.